The van der Waals surface area contributed by atoms with Crippen LogP contribution in [0.1, 0.15) is 21.6 Å². The molecule has 29 heavy (non-hydrogen) atoms. The molecule has 1 heterocycles. The average molecular weight is 385 g/mol. The predicted molar refractivity (Wildman–Crippen MR) is 111 cm³/mol. The van der Waals surface area contributed by atoms with Gasteiger partial charge in [0.15, 0.2) is 0 Å². The third-order valence-electron chi connectivity index (χ3n) is 4.73. The van der Waals surface area contributed by atoms with E-state index >= 15 is 0 Å². The first kappa shape index (κ1) is 18.6. The SMILES string of the molecule is Cc1c(C(=O)NCc2cccc(F)c2)c(-c2ccccc2)nn1-c1ccccc1. The fraction of sp³-hybridized carbons (Fsp3) is 0.0833. The van der Waals surface area contributed by atoms with Crippen LogP contribution in [-0.2, 0) is 6.54 Å². The van der Waals surface area contributed by atoms with Gasteiger partial charge in [0.25, 0.3) is 5.91 Å². The number of nitrogens with one attached hydrogen (secondary N) is 1. The van der Waals surface area contributed by atoms with Crippen LogP contribution in [0.15, 0.2) is 84.9 Å². The molecule has 5 heteroatoms. The van der Waals surface area contributed by atoms with Crippen molar-refractivity contribution in [3.8, 4) is 16.9 Å². The quantitative estimate of drug-likeness (QED) is 0.530. The highest BCUT2D eigenvalue weighted by Gasteiger charge is 2.22. The maximum atomic E-state index is 13.4. The number of nitrogens with zero attached hydrogens (tertiary/aromatic N) is 2. The van der Waals surface area contributed by atoms with Gasteiger partial charge < -0.3 is 5.32 Å². The van der Waals surface area contributed by atoms with Crippen molar-refractivity contribution in [3.05, 3.63) is 108 Å². The number of rotatable bonds is 5. The molecule has 0 fully saturated rings. The lowest BCUT2D eigenvalue weighted by atomic mass is 10.1. The van der Waals surface area contributed by atoms with E-state index in [0.29, 0.717) is 16.8 Å². The van der Waals surface area contributed by atoms with Crippen molar-refractivity contribution >= 4 is 5.91 Å². The van der Waals surface area contributed by atoms with Gasteiger partial charge in [-0.05, 0) is 36.8 Å². The maximum absolute atomic E-state index is 13.4. The molecule has 0 saturated heterocycles. The Labute approximate surface area is 168 Å². The molecule has 0 saturated carbocycles. The molecule has 0 aliphatic carbocycles. The van der Waals surface area contributed by atoms with Crippen LogP contribution in [0.25, 0.3) is 16.9 Å². The van der Waals surface area contributed by atoms with Crippen molar-refractivity contribution in [2.24, 2.45) is 0 Å². The number of para-hydroxylation sites is 1. The Kier molecular flexibility index (Phi) is 5.20. The topological polar surface area (TPSA) is 46.9 Å². The average Bonchev–Trinajstić information content (AvgIpc) is 3.10. The molecular weight excluding hydrogens is 365 g/mol. The Balaban J connectivity index is 1.72. The monoisotopic (exact) mass is 385 g/mol. The summed E-state index contributed by atoms with van der Waals surface area (Å²) in [5, 5.41) is 7.64. The van der Waals surface area contributed by atoms with Gasteiger partial charge in [-0.15, -0.1) is 0 Å². The molecule has 0 unspecified atom stereocenters. The molecule has 0 spiro atoms. The largest absolute Gasteiger partial charge is 0.348 e. The number of halogens is 1. The highest BCUT2D eigenvalue weighted by atomic mass is 19.1. The van der Waals surface area contributed by atoms with Crippen molar-refractivity contribution in [1.82, 2.24) is 15.1 Å². The molecule has 4 nitrogen and oxygen atoms in total. The Bertz CT molecular complexity index is 1140. The van der Waals surface area contributed by atoms with E-state index in [9.17, 15) is 9.18 Å². The summed E-state index contributed by atoms with van der Waals surface area (Å²) in [7, 11) is 0. The fourth-order valence-electron chi connectivity index (χ4n) is 3.31. The van der Waals surface area contributed by atoms with Gasteiger partial charge in [0.2, 0.25) is 0 Å². The Hall–Kier alpha value is -3.73. The number of amides is 1. The summed E-state index contributed by atoms with van der Waals surface area (Å²) in [6.45, 7) is 2.12. The molecule has 1 aromatic heterocycles. The van der Waals surface area contributed by atoms with Crippen LogP contribution in [0.2, 0.25) is 0 Å². The number of aromatic nitrogens is 2. The van der Waals surface area contributed by atoms with Crippen LogP contribution in [0.3, 0.4) is 0 Å². The van der Waals surface area contributed by atoms with E-state index in [1.165, 1.54) is 12.1 Å². The van der Waals surface area contributed by atoms with E-state index < -0.39 is 0 Å². The molecule has 4 rings (SSSR count). The van der Waals surface area contributed by atoms with Crippen LogP contribution < -0.4 is 5.32 Å². The van der Waals surface area contributed by atoms with Crippen molar-refractivity contribution < 1.29 is 9.18 Å². The first-order valence-corrected chi connectivity index (χ1v) is 9.36. The van der Waals surface area contributed by atoms with Crippen molar-refractivity contribution in [2.75, 3.05) is 0 Å². The van der Waals surface area contributed by atoms with Gasteiger partial charge in [-0.25, -0.2) is 9.07 Å². The van der Waals surface area contributed by atoms with E-state index in [1.54, 1.807) is 16.8 Å². The molecule has 0 bridgehead atoms. The van der Waals surface area contributed by atoms with E-state index in [-0.39, 0.29) is 18.3 Å². The van der Waals surface area contributed by atoms with Crippen molar-refractivity contribution in [1.29, 1.82) is 0 Å². The van der Waals surface area contributed by atoms with E-state index in [4.69, 9.17) is 5.10 Å². The van der Waals surface area contributed by atoms with Gasteiger partial charge >= 0.3 is 0 Å². The van der Waals surface area contributed by atoms with Crippen LogP contribution in [0.4, 0.5) is 4.39 Å². The third kappa shape index (κ3) is 3.94. The summed E-state index contributed by atoms with van der Waals surface area (Å²) >= 11 is 0. The standard InChI is InChI=1S/C24H20FN3O/c1-17-22(24(29)26-16-18-9-8-12-20(25)15-18)23(19-10-4-2-5-11-19)27-28(17)21-13-6-3-7-14-21/h2-15H,16H2,1H3,(H,26,29). The number of benzene rings is 3. The van der Waals surface area contributed by atoms with Crippen LogP contribution in [0, 0.1) is 12.7 Å². The number of carbonyl (C=O) groups excluding carboxylic acids is 1. The summed E-state index contributed by atoms with van der Waals surface area (Å²) in [6, 6.07) is 25.5. The lowest BCUT2D eigenvalue weighted by Gasteiger charge is -2.08. The highest BCUT2D eigenvalue weighted by Crippen LogP contribution is 2.27. The zero-order valence-corrected chi connectivity index (χ0v) is 16.0. The van der Waals surface area contributed by atoms with E-state index in [2.05, 4.69) is 5.32 Å². The zero-order chi connectivity index (χ0) is 20.2. The Morgan fingerprint density at radius 1 is 0.966 bits per heavy atom. The molecule has 1 amide bonds. The minimum Gasteiger partial charge on any atom is -0.348 e. The summed E-state index contributed by atoms with van der Waals surface area (Å²) in [6.07, 6.45) is 0. The Morgan fingerprint density at radius 2 is 1.66 bits per heavy atom. The fourth-order valence-corrected chi connectivity index (χ4v) is 3.31. The van der Waals surface area contributed by atoms with Gasteiger partial charge in [-0.1, -0.05) is 60.7 Å². The zero-order valence-electron chi connectivity index (χ0n) is 16.0. The second-order valence-corrected chi connectivity index (χ2v) is 6.73. The van der Waals surface area contributed by atoms with Crippen molar-refractivity contribution in [3.63, 3.8) is 0 Å². The van der Waals surface area contributed by atoms with Gasteiger partial charge in [0, 0.05) is 12.1 Å². The highest BCUT2D eigenvalue weighted by molar-refractivity contribution is 6.01. The normalized spacial score (nSPS) is 10.7. The molecule has 0 atom stereocenters. The molecule has 0 aliphatic rings. The van der Waals surface area contributed by atoms with E-state index in [1.807, 2.05) is 67.6 Å². The lowest BCUT2D eigenvalue weighted by molar-refractivity contribution is 0.0951. The second-order valence-electron chi connectivity index (χ2n) is 6.73. The molecular formula is C24H20FN3O. The lowest BCUT2D eigenvalue weighted by Crippen LogP contribution is -2.24. The minimum atomic E-state index is -0.324. The number of hydrogen-bond donors (Lipinski definition) is 1. The number of hydrogen-bond acceptors (Lipinski definition) is 2. The first-order chi connectivity index (χ1) is 14.1. The predicted octanol–water partition coefficient (Wildman–Crippen LogP) is 4.92. The third-order valence-corrected chi connectivity index (χ3v) is 4.73. The van der Waals surface area contributed by atoms with Gasteiger partial charge in [-0.3, -0.25) is 4.79 Å². The number of carbonyl (C=O) groups is 1. The Morgan fingerprint density at radius 3 is 2.34 bits per heavy atom. The molecule has 0 radical (unpaired) electrons. The van der Waals surface area contributed by atoms with Crippen molar-refractivity contribution in [2.45, 2.75) is 13.5 Å². The second kappa shape index (κ2) is 8.10. The molecule has 1 N–H and O–H groups in total. The molecule has 3 aromatic carbocycles. The van der Waals surface area contributed by atoms with Gasteiger partial charge in [-0.2, -0.15) is 5.10 Å². The summed E-state index contributed by atoms with van der Waals surface area (Å²) in [5.74, 6) is -0.567. The molecule has 144 valence electrons. The minimum absolute atomic E-state index is 0.237. The summed E-state index contributed by atoms with van der Waals surface area (Å²) in [4.78, 5) is 13.1. The first-order valence-electron chi connectivity index (χ1n) is 9.36. The maximum Gasteiger partial charge on any atom is 0.255 e. The summed E-state index contributed by atoms with van der Waals surface area (Å²) < 4.78 is 15.2. The molecule has 0 aliphatic heterocycles. The van der Waals surface area contributed by atoms with Gasteiger partial charge in [0.05, 0.1) is 16.9 Å². The smallest absolute Gasteiger partial charge is 0.255 e. The van der Waals surface area contributed by atoms with Crippen LogP contribution in [-0.4, -0.2) is 15.7 Å². The van der Waals surface area contributed by atoms with Crippen LogP contribution >= 0.6 is 0 Å². The van der Waals surface area contributed by atoms with Crippen LogP contribution in [0.5, 0.6) is 0 Å². The van der Waals surface area contributed by atoms with Gasteiger partial charge in [0.1, 0.15) is 11.5 Å². The van der Waals surface area contributed by atoms with E-state index in [0.717, 1.165) is 16.9 Å². The summed E-state index contributed by atoms with van der Waals surface area (Å²) in [5.41, 5.74) is 4.31. The molecule has 4 aromatic rings.